The van der Waals surface area contributed by atoms with E-state index in [0.29, 0.717) is 41.4 Å². The molecule has 0 radical (unpaired) electrons. The molecule has 2 aromatic carbocycles. The summed E-state index contributed by atoms with van der Waals surface area (Å²) in [5.74, 6) is 1.08. The molecule has 8 rings (SSSR count). The number of rotatable bonds is 11. The zero-order valence-electron chi connectivity index (χ0n) is 32.5. The fraction of sp³-hybridized carbons (Fsp3) is 0.381. The van der Waals surface area contributed by atoms with Crippen LogP contribution < -0.4 is 15.4 Å². The van der Waals surface area contributed by atoms with E-state index >= 15 is 4.39 Å². The maximum Gasteiger partial charge on any atom is 0.407 e. The second-order valence-electron chi connectivity index (χ2n) is 15.1. The van der Waals surface area contributed by atoms with Crippen LogP contribution in [0.15, 0.2) is 54.9 Å². The van der Waals surface area contributed by atoms with Gasteiger partial charge in [0.05, 0.1) is 65.1 Å². The minimum absolute atomic E-state index is 0.165. The predicted octanol–water partition coefficient (Wildman–Crippen LogP) is 8.39. The normalized spacial score (nSPS) is 16.8. The molecule has 6 heterocycles. The van der Waals surface area contributed by atoms with Gasteiger partial charge in [-0.15, -0.1) is 11.3 Å². The van der Waals surface area contributed by atoms with Crippen LogP contribution in [0.1, 0.15) is 79.3 Å². The number of hydrogen-bond donors (Lipinski definition) is 4. The molecule has 292 valence electrons. The largest absolute Gasteiger partial charge is 0.464 e. The van der Waals surface area contributed by atoms with Gasteiger partial charge < -0.3 is 35.0 Å². The Kier molecular flexibility index (Phi) is 10.2. The zero-order chi connectivity index (χ0) is 39.2. The predicted molar refractivity (Wildman–Crippen MR) is 215 cm³/mol. The van der Waals surface area contributed by atoms with Gasteiger partial charge in [0.1, 0.15) is 29.3 Å². The number of aryl methyl sites for hydroxylation is 2. The maximum absolute atomic E-state index is 16.6. The second kappa shape index (κ2) is 15.2. The molecule has 1 fully saturated rings. The fourth-order valence-corrected chi connectivity index (χ4v) is 8.85. The lowest BCUT2D eigenvalue weighted by Crippen LogP contribution is -2.51. The van der Waals surface area contributed by atoms with E-state index < -0.39 is 24.2 Å². The van der Waals surface area contributed by atoms with Crippen molar-refractivity contribution in [2.75, 3.05) is 20.2 Å². The molecule has 14 heteroatoms. The summed E-state index contributed by atoms with van der Waals surface area (Å²) in [4.78, 5) is 45.6. The number of hydrogen-bond acceptors (Lipinski definition) is 8. The van der Waals surface area contributed by atoms with Gasteiger partial charge in [-0.2, -0.15) is 0 Å². The van der Waals surface area contributed by atoms with Crippen LogP contribution in [0.5, 0.6) is 5.75 Å². The molecular weight excluding hydrogens is 732 g/mol. The number of nitrogens with zero attached hydrogens (tertiary/aromatic N) is 4. The third kappa shape index (κ3) is 6.96. The number of methoxy groups -OCH3 is 1. The van der Waals surface area contributed by atoms with Crippen LogP contribution in [0.3, 0.4) is 0 Å². The van der Waals surface area contributed by atoms with E-state index in [2.05, 4.69) is 73.2 Å². The first-order valence-electron chi connectivity index (χ1n) is 19.2. The summed E-state index contributed by atoms with van der Waals surface area (Å²) in [6.07, 6.45) is 5.25. The van der Waals surface area contributed by atoms with Crippen molar-refractivity contribution in [1.82, 2.24) is 40.0 Å². The molecule has 0 spiro atoms. The van der Waals surface area contributed by atoms with Crippen molar-refractivity contribution < 1.29 is 23.5 Å². The Hall–Kier alpha value is -5.47. The van der Waals surface area contributed by atoms with Crippen LogP contribution >= 0.6 is 11.3 Å². The minimum Gasteiger partial charge on any atom is -0.464 e. The number of amides is 2. The average molecular weight is 779 g/mol. The van der Waals surface area contributed by atoms with E-state index in [1.165, 1.54) is 23.6 Å². The van der Waals surface area contributed by atoms with Crippen molar-refractivity contribution in [1.29, 1.82) is 0 Å². The average Bonchev–Trinajstić information content (AvgIpc) is 4.03. The summed E-state index contributed by atoms with van der Waals surface area (Å²) in [7, 11) is 1.27. The Balaban J connectivity index is 1.14. The number of benzene rings is 2. The fourth-order valence-electron chi connectivity index (χ4n) is 7.79. The number of carbonyl (C=O) groups excluding carboxylic acids is 2. The van der Waals surface area contributed by atoms with Crippen molar-refractivity contribution in [3.63, 3.8) is 0 Å². The SMILES string of the molecule is CCCN(Cc1ncc(-c2cc(F)c3c(c2)OC(c2cc(C)c(C)s2)n2c-3cc3cc(-c4cnc(C5CCCN5)[nH]4)ccc32)[nH]1)C(=O)C(NC(=O)OC)C(C)C. The molecule has 12 nitrogen and oxygen atoms in total. The third-order valence-corrected chi connectivity index (χ3v) is 12.0. The molecule has 4 N–H and O–H groups in total. The van der Waals surface area contributed by atoms with Gasteiger partial charge in [-0.3, -0.25) is 9.36 Å². The highest BCUT2D eigenvalue weighted by Gasteiger charge is 2.34. The summed E-state index contributed by atoms with van der Waals surface area (Å²) in [5, 5.41) is 7.14. The minimum atomic E-state index is -0.765. The van der Waals surface area contributed by atoms with Crippen molar-refractivity contribution in [3.8, 4) is 39.5 Å². The first kappa shape index (κ1) is 37.5. The van der Waals surface area contributed by atoms with Gasteiger partial charge in [-0.25, -0.2) is 19.2 Å². The lowest BCUT2D eigenvalue weighted by Gasteiger charge is -2.30. The molecule has 2 aliphatic rings. The molecule has 0 bridgehead atoms. The topological polar surface area (TPSA) is 142 Å². The van der Waals surface area contributed by atoms with Crippen LogP contribution in [0.25, 0.3) is 44.7 Å². The highest BCUT2D eigenvalue weighted by atomic mass is 32.1. The van der Waals surface area contributed by atoms with Gasteiger partial charge in [-0.05, 0) is 87.5 Å². The van der Waals surface area contributed by atoms with E-state index in [9.17, 15) is 9.59 Å². The number of H-pyrrole nitrogens is 2. The number of alkyl carbamates (subject to hydrolysis) is 1. The summed E-state index contributed by atoms with van der Waals surface area (Å²) in [6.45, 7) is 11.5. The molecule has 56 heavy (non-hydrogen) atoms. The Morgan fingerprint density at radius 2 is 1.89 bits per heavy atom. The summed E-state index contributed by atoms with van der Waals surface area (Å²) in [6, 6.07) is 13.3. The lowest BCUT2D eigenvalue weighted by molar-refractivity contribution is -0.135. The Bertz CT molecular complexity index is 2400. The first-order chi connectivity index (χ1) is 27.0. The van der Waals surface area contributed by atoms with E-state index in [0.717, 1.165) is 57.9 Å². The maximum atomic E-state index is 16.6. The molecule has 1 saturated heterocycles. The Morgan fingerprint density at radius 1 is 1.09 bits per heavy atom. The molecule has 0 saturated carbocycles. The number of ether oxygens (including phenoxy) is 2. The van der Waals surface area contributed by atoms with Crippen LogP contribution in [-0.4, -0.2) is 67.6 Å². The van der Waals surface area contributed by atoms with Gasteiger partial charge in [0.2, 0.25) is 12.1 Å². The summed E-state index contributed by atoms with van der Waals surface area (Å²) in [5.41, 5.74) is 6.33. The number of carbonyl (C=O) groups is 2. The van der Waals surface area contributed by atoms with Gasteiger partial charge in [0.25, 0.3) is 0 Å². The van der Waals surface area contributed by atoms with Gasteiger partial charge in [0, 0.05) is 27.9 Å². The number of imidazole rings is 2. The smallest absolute Gasteiger partial charge is 0.407 e. The van der Waals surface area contributed by atoms with Crippen LogP contribution in [-0.2, 0) is 16.1 Å². The van der Waals surface area contributed by atoms with E-state index in [1.807, 2.05) is 39.1 Å². The molecule has 4 aromatic heterocycles. The molecule has 0 aliphatic carbocycles. The first-order valence-corrected chi connectivity index (χ1v) is 20.0. The Labute approximate surface area is 328 Å². The number of thiophene rings is 1. The number of fused-ring (bicyclic) bond motifs is 5. The molecule has 3 atom stereocenters. The van der Waals surface area contributed by atoms with Crippen molar-refractivity contribution >= 4 is 34.2 Å². The molecular formula is C42H47FN8O4S. The second-order valence-corrected chi connectivity index (χ2v) is 16.3. The zero-order valence-corrected chi connectivity index (χ0v) is 33.3. The van der Waals surface area contributed by atoms with Gasteiger partial charge in [-0.1, -0.05) is 26.8 Å². The van der Waals surface area contributed by atoms with Crippen LogP contribution in [0.2, 0.25) is 0 Å². The van der Waals surface area contributed by atoms with Gasteiger partial charge in [0.15, 0.2) is 0 Å². The molecule has 3 unspecified atom stereocenters. The number of nitrogens with one attached hydrogen (secondary N) is 4. The summed E-state index contributed by atoms with van der Waals surface area (Å²) < 4.78 is 30.3. The highest BCUT2D eigenvalue weighted by molar-refractivity contribution is 7.12. The van der Waals surface area contributed by atoms with Crippen LogP contribution in [0, 0.1) is 25.6 Å². The molecule has 6 aromatic rings. The quantitative estimate of drug-likeness (QED) is 0.104. The van der Waals surface area contributed by atoms with Crippen molar-refractivity contribution in [2.24, 2.45) is 5.92 Å². The monoisotopic (exact) mass is 778 g/mol. The van der Waals surface area contributed by atoms with E-state index in [1.54, 1.807) is 22.4 Å². The van der Waals surface area contributed by atoms with E-state index in [4.69, 9.17) is 9.47 Å². The number of aromatic nitrogens is 5. The standard InChI is InChI=1S/C42H47FN8O4S/c1-7-13-50(40(52)38(22(2)3)49-42(53)54-6)21-36-45-19-31(47-36)26-16-28(43)37-33-17-27-15-25(30-20-46-39(48-30)29-9-8-12-44-29)10-11-32(27)51(33)41(55-34(37)18-26)35-14-23(4)24(5)56-35/h10-11,14-20,22,29,38,41,44H,7-9,12-13,21H2,1-6H3,(H,45,47)(H,46,48)(H,49,53). The molecule has 2 aliphatic heterocycles. The lowest BCUT2D eigenvalue weighted by atomic mass is 10.0. The Morgan fingerprint density at radius 3 is 2.61 bits per heavy atom. The highest BCUT2D eigenvalue weighted by Crippen LogP contribution is 2.48. The van der Waals surface area contributed by atoms with Crippen molar-refractivity contribution in [2.45, 2.75) is 78.7 Å². The molecule has 2 amide bonds. The van der Waals surface area contributed by atoms with Crippen molar-refractivity contribution in [3.05, 3.63) is 87.6 Å². The number of halogens is 1. The van der Waals surface area contributed by atoms with E-state index in [-0.39, 0.29) is 24.4 Å². The summed E-state index contributed by atoms with van der Waals surface area (Å²) >= 11 is 1.68. The third-order valence-electron chi connectivity index (χ3n) is 10.8. The van der Waals surface area contributed by atoms with Crippen LogP contribution in [0.4, 0.5) is 9.18 Å². The van der Waals surface area contributed by atoms with Gasteiger partial charge >= 0.3 is 6.09 Å². The number of aromatic amines is 2.